The molecule has 2 fully saturated rings. The molecule has 3 N–H and O–H groups in total. The van der Waals surface area contributed by atoms with Crippen molar-refractivity contribution in [1.82, 2.24) is 20.9 Å². The Morgan fingerprint density at radius 3 is 2.88 bits per heavy atom. The van der Waals surface area contributed by atoms with E-state index in [0.717, 1.165) is 18.7 Å². The van der Waals surface area contributed by atoms with Gasteiger partial charge in [0, 0.05) is 26.2 Å². The Balaban J connectivity index is 1.67. The zero-order chi connectivity index (χ0) is 16.9. The van der Waals surface area contributed by atoms with Crippen molar-refractivity contribution < 1.29 is 18.7 Å². The summed E-state index contributed by atoms with van der Waals surface area (Å²) in [5, 5.41) is 7.97. The third-order valence-corrected chi connectivity index (χ3v) is 4.28. The van der Waals surface area contributed by atoms with Gasteiger partial charge in [-0.2, -0.15) is 0 Å². The number of rotatable bonds is 5. The third-order valence-electron chi connectivity index (χ3n) is 4.28. The molecular weight excluding hydrogens is 315 g/mol. The summed E-state index contributed by atoms with van der Waals surface area (Å²) in [4.78, 5) is 25.5. The van der Waals surface area contributed by atoms with Crippen molar-refractivity contribution in [2.45, 2.75) is 12.1 Å². The first-order chi connectivity index (χ1) is 11.6. The molecule has 2 aliphatic rings. The van der Waals surface area contributed by atoms with E-state index in [9.17, 15) is 14.0 Å². The van der Waals surface area contributed by atoms with Gasteiger partial charge in [-0.15, -0.1) is 0 Å². The van der Waals surface area contributed by atoms with Gasteiger partial charge in [0.2, 0.25) is 5.91 Å². The van der Waals surface area contributed by atoms with Crippen molar-refractivity contribution >= 4 is 11.9 Å². The zero-order valence-electron chi connectivity index (χ0n) is 13.3. The fraction of sp³-hybridized carbons (Fsp3) is 0.500. The van der Waals surface area contributed by atoms with Gasteiger partial charge in [-0.1, -0.05) is 12.1 Å². The maximum atomic E-state index is 13.6. The molecule has 2 atom stereocenters. The number of nitrogens with one attached hydrogen (secondary N) is 3. The predicted octanol–water partition coefficient (Wildman–Crippen LogP) is -0.00340. The second-order valence-electron chi connectivity index (χ2n) is 5.87. The van der Waals surface area contributed by atoms with Gasteiger partial charge in [0.05, 0.1) is 19.3 Å². The lowest BCUT2D eigenvalue weighted by Gasteiger charge is -2.35. The quantitative estimate of drug-likeness (QED) is 0.707. The summed E-state index contributed by atoms with van der Waals surface area (Å²) in [6.07, 6.45) is 0. The second kappa shape index (κ2) is 7.59. The smallest absolute Gasteiger partial charge is 0.315 e. The van der Waals surface area contributed by atoms with Gasteiger partial charge < -0.3 is 20.7 Å². The Hall–Kier alpha value is -2.19. The van der Waals surface area contributed by atoms with Crippen LogP contribution in [0.3, 0.4) is 0 Å². The van der Waals surface area contributed by atoms with E-state index >= 15 is 0 Å². The van der Waals surface area contributed by atoms with Crippen LogP contribution in [0.25, 0.3) is 0 Å². The molecule has 3 rings (SSSR count). The molecule has 24 heavy (non-hydrogen) atoms. The van der Waals surface area contributed by atoms with E-state index in [4.69, 9.17) is 4.74 Å². The van der Waals surface area contributed by atoms with Crippen LogP contribution < -0.4 is 16.0 Å². The van der Waals surface area contributed by atoms with Gasteiger partial charge >= 0.3 is 6.03 Å². The van der Waals surface area contributed by atoms with Crippen LogP contribution >= 0.6 is 0 Å². The predicted molar refractivity (Wildman–Crippen MR) is 84.9 cm³/mol. The van der Waals surface area contributed by atoms with Crippen LogP contribution in [0.1, 0.15) is 11.6 Å². The van der Waals surface area contributed by atoms with Gasteiger partial charge in [-0.05, 0) is 17.7 Å². The Kier molecular flexibility index (Phi) is 5.27. The van der Waals surface area contributed by atoms with Crippen molar-refractivity contribution in [3.8, 4) is 0 Å². The molecule has 3 amide bonds. The third kappa shape index (κ3) is 4.01. The molecule has 0 bridgehead atoms. The molecule has 0 spiro atoms. The van der Waals surface area contributed by atoms with Crippen molar-refractivity contribution in [2.75, 3.05) is 39.4 Å². The summed E-state index contributed by atoms with van der Waals surface area (Å²) in [5.41, 5.74) is 0.811. The highest BCUT2D eigenvalue weighted by molar-refractivity contribution is 5.90. The number of ether oxygens (including phenoxy) is 1. The van der Waals surface area contributed by atoms with E-state index in [2.05, 4.69) is 20.9 Å². The lowest BCUT2D eigenvalue weighted by Crippen LogP contribution is -2.48. The SMILES string of the molecule is O=C1NC[C@@H](C(=O)NC[C@@H](c2cccc(F)c2)N2CCOCC2)N1. The van der Waals surface area contributed by atoms with Crippen molar-refractivity contribution in [1.29, 1.82) is 0 Å². The molecule has 2 heterocycles. The summed E-state index contributed by atoms with van der Waals surface area (Å²) in [6.45, 7) is 3.28. The van der Waals surface area contributed by atoms with E-state index < -0.39 is 6.04 Å². The van der Waals surface area contributed by atoms with Gasteiger partial charge in [-0.25, -0.2) is 9.18 Å². The number of morpholine rings is 1. The Labute approximate surface area is 139 Å². The molecule has 0 unspecified atom stereocenters. The molecular formula is C16H21FN4O3. The monoisotopic (exact) mass is 336 g/mol. The van der Waals surface area contributed by atoms with Gasteiger partial charge in [0.25, 0.3) is 0 Å². The van der Waals surface area contributed by atoms with Crippen LogP contribution in [0, 0.1) is 5.82 Å². The maximum absolute atomic E-state index is 13.6. The molecule has 0 radical (unpaired) electrons. The summed E-state index contributed by atoms with van der Waals surface area (Å²) in [7, 11) is 0. The van der Waals surface area contributed by atoms with Crippen LogP contribution in [-0.4, -0.2) is 62.3 Å². The first kappa shape index (κ1) is 16.7. The number of halogens is 1. The number of nitrogens with zero attached hydrogens (tertiary/aromatic N) is 1. The first-order valence-corrected chi connectivity index (χ1v) is 8.03. The van der Waals surface area contributed by atoms with E-state index in [1.54, 1.807) is 6.07 Å². The highest BCUT2D eigenvalue weighted by atomic mass is 19.1. The molecule has 130 valence electrons. The van der Waals surface area contributed by atoms with Crippen LogP contribution in [0.5, 0.6) is 0 Å². The highest BCUT2D eigenvalue weighted by Crippen LogP contribution is 2.22. The van der Waals surface area contributed by atoms with Crippen LogP contribution in [0.4, 0.5) is 9.18 Å². The molecule has 0 saturated carbocycles. The number of carbonyl (C=O) groups is 2. The number of benzene rings is 1. The van der Waals surface area contributed by atoms with Crippen molar-refractivity contribution in [3.63, 3.8) is 0 Å². The fourth-order valence-corrected chi connectivity index (χ4v) is 2.99. The molecule has 1 aromatic carbocycles. The Bertz CT molecular complexity index is 607. The molecule has 7 nitrogen and oxygen atoms in total. The van der Waals surface area contributed by atoms with Crippen LogP contribution in [0.15, 0.2) is 24.3 Å². The highest BCUT2D eigenvalue weighted by Gasteiger charge is 2.28. The summed E-state index contributed by atoms with van der Waals surface area (Å²) in [6, 6.07) is 5.36. The minimum Gasteiger partial charge on any atom is -0.379 e. The van der Waals surface area contributed by atoms with Crippen LogP contribution in [-0.2, 0) is 9.53 Å². The van der Waals surface area contributed by atoms with Crippen LogP contribution in [0.2, 0.25) is 0 Å². The molecule has 2 saturated heterocycles. The standard InChI is InChI=1S/C16H21FN4O3/c17-12-3-1-2-11(8-12)14(21-4-6-24-7-5-21)10-18-15(22)13-9-19-16(23)20-13/h1-3,8,13-14H,4-7,9-10H2,(H,18,22)(H2,19,20,23)/t13-,14-/m0/s1. The number of hydrogen-bond acceptors (Lipinski definition) is 4. The topological polar surface area (TPSA) is 82.7 Å². The van der Waals surface area contributed by atoms with Crippen molar-refractivity contribution in [3.05, 3.63) is 35.6 Å². The number of urea groups is 1. The molecule has 1 aromatic rings. The normalized spacial score (nSPS) is 22.5. The second-order valence-corrected chi connectivity index (χ2v) is 5.87. The number of amides is 3. The van der Waals surface area contributed by atoms with E-state index in [1.165, 1.54) is 12.1 Å². The van der Waals surface area contributed by atoms with Crippen molar-refractivity contribution in [2.24, 2.45) is 0 Å². The molecule has 2 aliphatic heterocycles. The first-order valence-electron chi connectivity index (χ1n) is 8.03. The minimum atomic E-state index is -0.574. The average molecular weight is 336 g/mol. The van der Waals surface area contributed by atoms with Gasteiger partial charge in [0.15, 0.2) is 0 Å². The summed E-state index contributed by atoms with van der Waals surface area (Å²) >= 11 is 0. The lowest BCUT2D eigenvalue weighted by atomic mass is 10.0. The summed E-state index contributed by atoms with van der Waals surface area (Å²) in [5.74, 6) is -0.549. The largest absolute Gasteiger partial charge is 0.379 e. The maximum Gasteiger partial charge on any atom is 0.315 e. The van der Waals surface area contributed by atoms with E-state index in [0.29, 0.717) is 19.8 Å². The summed E-state index contributed by atoms with van der Waals surface area (Å²) < 4.78 is 19.0. The molecule has 0 aromatic heterocycles. The van der Waals surface area contributed by atoms with E-state index in [-0.39, 0.29) is 30.3 Å². The average Bonchev–Trinajstić information content (AvgIpc) is 3.02. The Morgan fingerprint density at radius 1 is 1.42 bits per heavy atom. The molecule has 0 aliphatic carbocycles. The number of carbonyl (C=O) groups excluding carboxylic acids is 2. The molecule has 8 heteroatoms. The zero-order valence-corrected chi connectivity index (χ0v) is 13.3. The Morgan fingerprint density at radius 2 is 2.21 bits per heavy atom. The number of hydrogen-bond donors (Lipinski definition) is 3. The van der Waals surface area contributed by atoms with Gasteiger partial charge in [-0.3, -0.25) is 9.69 Å². The lowest BCUT2D eigenvalue weighted by molar-refractivity contribution is -0.122. The van der Waals surface area contributed by atoms with E-state index in [1.807, 2.05) is 6.07 Å². The minimum absolute atomic E-state index is 0.140. The van der Waals surface area contributed by atoms with Gasteiger partial charge in [0.1, 0.15) is 11.9 Å². The fourth-order valence-electron chi connectivity index (χ4n) is 2.99.